The van der Waals surface area contributed by atoms with Gasteiger partial charge < -0.3 is 4.74 Å². The largest absolute Gasteiger partial charge is 0.460 e. The molecule has 0 aromatic heterocycles. The maximum absolute atomic E-state index is 12.2. The van der Waals surface area contributed by atoms with E-state index >= 15 is 0 Å². The first kappa shape index (κ1) is 13.6. The van der Waals surface area contributed by atoms with Crippen molar-refractivity contribution in [3.05, 3.63) is 29.8 Å². The van der Waals surface area contributed by atoms with E-state index < -0.39 is 17.5 Å². The number of benzene rings is 1. The van der Waals surface area contributed by atoms with Gasteiger partial charge in [0, 0.05) is 10.5 Å². The first-order chi connectivity index (χ1) is 8.06. The summed E-state index contributed by atoms with van der Waals surface area (Å²) < 4.78 is 29.0. The summed E-state index contributed by atoms with van der Waals surface area (Å²) in [4.78, 5) is 22.9. The van der Waals surface area contributed by atoms with E-state index in [1.54, 1.807) is 6.92 Å². The fourth-order valence-electron chi connectivity index (χ4n) is 1.16. The molecule has 0 saturated carbocycles. The molecule has 0 fully saturated rings. The van der Waals surface area contributed by atoms with Crippen LogP contribution in [0, 0.1) is 0 Å². The third kappa shape index (κ3) is 3.81. The Bertz CT molecular complexity index is 421. The van der Waals surface area contributed by atoms with E-state index in [0.29, 0.717) is 0 Å². The Morgan fingerprint density at radius 2 is 2.00 bits per heavy atom. The molecule has 17 heavy (non-hydrogen) atoms. The summed E-state index contributed by atoms with van der Waals surface area (Å²) in [5.74, 6) is -4.59. The Kier molecular flexibility index (Phi) is 5.09. The molecule has 0 spiro atoms. The van der Waals surface area contributed by atoms with Crippen LogP contribution >= 0.6 is 11.8 Å². The molecule has 0 aliphatic carbocycles. The van der Waals surface area contributed by atoms with E-state index in [9.17, 15) is 18.4 Å². The minimum absolute atomic E-state index is 0.0590. The molecule has 3 nitrogen and oxygen atoms in total. The zero-order valence-electron chi connectivity index (χ0n) is 8.98. The smallest absolute Gasteiger partial charge is 0.379 e. The molecule has 0 saturated heterocycles. The van der Waals surface area contributed by atoms with E-state index in [0.717, 1.165) is 0 Å². The monoisotopic (exact) mass is 260 g/mol. The van der Waals surface area contributed by atoms with Crippen LogP contribution in [-0.4, -0.2) is 24.1 Å². The lowest BCUT2D eigenvalue weighted by Crippen LogP contribution is -2.18. The lowest BCUT2D eigenvalue weighted by molar-refractivity contribution is -0.137. The van der Waals surface area contributed by atoms with Crippen molar-refractivity contribution in [1.29, 1.82) is 0 Å². The summed E-state index contributed by atoms with van der Waals surface area (Å²) in [6, 6.07) is 5.71. The molecule has 0 heterocycles. The van der Waals surface area contributed by atoms with Gasteiger partial charge in [0.1, 0.15) is 0 Å². The van der Waals surface area contributed by atoms with Crippen molar-refractivity contribution in [2.24, 2.45) is 0 Å². The van der Waals surface area contributed by atoms with Gasteiger partial charge in [-0.05, 0) is 19.1 Å². The number of carbonyl (C=O) groups excluding carboxylic acids is 2. The highest BCUT2D eigenvalue weighted by Crippen LogP contribution is 2.28. The van der Waals surface area contributed by atoms with Crippen molar-refractivity contribution in [2.75, 3.05) is 6.61 Å². The number of hydrogen-bond donors (Lipinski definition) is 0. The molecule has 6 heteroatoms. The molecule has 0 aliphatic heterocycles. The summed E-state index contributed by atoms with van der Waals surface area (Å²) >= 11 is 0.227. The number of carbonyl (C=O) groups is 2. The number of halogens is 2. The van der Waals surface area contributed by atoms with E-state index in [1.807, 2.05) is 0 Å². The van der Waals surface area contributed by atoms with Crippen molar-refractivity contribution >= 4 is 23.5 Å². The van der Waals surface area contributed by atoms with Crippen molar-refractivity contribution in [1.82, 2.24) is 0 Å². The molecule has 92 valence electrons. The standard InChI is InChI=1S/C11H10F2O3S/c1-2-16-10(15)9(14)7-5-3-4-6-8(7)17-11(12)13/h3-6,11H,2H2,1H3. The number of rotatable bonds is 5. The van der Waals surface area contributed by atoms with Gasteiger partial charge in [-0.15, -0.1) is 0 Å². The maximum atomic E-state index is 12.2. The second kappa shape index (κ2) is 6.34. The van der Waals surface area contributed by atoms with Gasteiger partial charge in [-0.2, -0.15) is 8.78 Å². The van der Waals surface area contributed by atoms with Crippen molar-refractivity contribution in [2.45, 2.75) is 17.6 Å². The second-order valence-corrected chi connectivity index (χ2v) is 3.96. The molecule has 0 bridgehead atoms. The van der Waals surface area contributed by atoms with Crippen LogP contribution in [0.25, 0.3) is 0 Å². The Morgan fingerprint density at radius 3 is 2.59 bits per heavy atom. The summed E-state index contributed by atoms with van der Waals surface area (Å²) in [7, 11) is 0. The van der Waals surface area contributed by atoms with Crippen LogP contribution in [0.1, 0.15) is 17.3 Å². The van der Waals surface area contributed by atoms with Crippen LogP contribution in [-0.2, 0) is 9.53 Å². The number of ketones is 1. The SMILES string of the molecule is CCOC(=O)C(=O)c1ccccc1SC(F)F. The number of hydrogen-bond acceptors (Lipinski definition) is 4. The fraction of sp³-hybridized carbons (Fsp3) is 0.273. The fourth-order valence-corrected chi connectivity index (χ4v) is 1.80. The summed E-state index contributed by atoms with van der Waals surface area (Å²) in [6.07, 6.45) is 0. The minimum Gasteiger partial charge on any atom is -0.460 e. The minimum atomic E-state index is -2.65. The van der Waals surface area contributed by atoms with E-state index in [-0.39, 0.29) is 28.8 Å². The van der Waals surface area contributed by atoms with E-state index in [1.165, 1.54) is 24.3 Å². The van der Waals surface area contributed by atoms with Gasteiger partial charge in [0.2, 0.25) is 0 Å². The van der Waals surface area contributed by atoms with Crippen molar-refractivity contribution in [3.63, 3.8) is 0 Å². The van der Waals surface area contributed by atoms with Gasteiger partial charge in [0.05, 0.1) is 6.61 Å². The second-order valence-electron chi connectivity index (χ2n) is 2.92. The van der Waals surface area contributed by atoms with Crippen LogP contribution in [0.5, 0.6) is 0 Å². The zero-order chi connectivity index (χ0) is 12.8. The zero-order valence-corrected chi connectivity index (χ0v) is 9.80. The van der Waals surface area contributed by atoms with Crippen LogP contribution < -0.4 is 0 Å². The molecule has 1 aromatic carbocycles. The highest BCUT2D eigenvalue weighted by molar-refractivity contribution is 7.99. The Morgan fingerprint density at radius 1 is 1.35 bits per heavy atom. The van der Waals surface area contributed by atoms with Crippen molar-refractivity contribution in [3.8, 4) is 0 Å². The molecule has 0 amide bonds. The lowest BCUT2D eigenvalue weighted by atomic mass is 10.1. The van der Waals surface area contributed by atoms with Gasteiger partial charge in [0.25, 0.3) is 11.5 Å². The maximum Gasteiger partial charge on any atom is 0.379 e. The summed E-state index contributed by atoms with van der Waals surface area (Å²) in [5.41, 5.74) is -0.0590. The Balaban J connectivity index is 2.96. The third-order valence-electron chi connectivity index (χ3n) is 1.81. The van der Waals surface area contributed by atoms with Crippen LogP contribution in [0.2, 0.25) is 0 Å². The van der Waals surface area contributed by atoms with Gasteiger partial charge in [0.15, 0.2) is 0 Å². The predicted molar refractivity (Wildman–Crippen MR) is 59.3 cm³/mol. The summed E-state index contributed by atoms with van der Waals surface area (Å²) in [5, 5.41) is 0. The molecular formula is C11H10F2O3S. The molecular weight excluding hydrogens is 250 g/mol. The van der Waals surface area contributed by atoms with Crippen LogP contribution in [0.4, 0.5) is 8.78 Å². The van der Waals surface area contributed by atoms with Crippen LogP contribution in [0.15, 0.2) is 29.2 Å². The number of Topliss-reactive ketones (excluding diaryl/α,β-unsaturated/α-hetero) is 1. The third-order valence-corrected chi connectivity index (χ3v) is 2.60. The van der Waals surface area contributed by atoms with E-state index in [2.05, 4.69) is 4.74 Å². The number of esters is 1. The quantitative estimate of drug-likeness (QED) is 0.353. The predicted octanol–water partition coefficient (Wildman–Crippen LogP) is 2.75. The normalized spacial score (nSPS) is 10.4. The molecule has 0 N–H and O–H groups in total. The molecule has 1 aromatic rings. The highest BCUT2D eigenvalue weighted by atomic mass is 32.2. The van der Waals surface area contributed by atoms with Crippen LogP contribution in [0.3, 0.4) is 0 Å². The summed E-state index contributed by atoms with van der Waals surface area (Å²) in [6.45, 7) is 1.62. The average Bonchev–Trinajstić information content (AvgIpc) is 2.28. The van der Waals surface area contributed by atoms with Crippen molar-refractivity contribution < 1.29 is 23.1 Å². The molecule has 1 rings (SSSR count). The van der Waals surface area contributed by atoms with E-state index in [4.69, 9.17) is 0 Å². The Hall–Kier alpha value is -1.43. The molecule has 0 aliphatic rings. The first-order valence-corrected chi connectivity index (χ1v) is 5.69. The molecule has 0 unspecified atom stereocenters. The van der Waals surface area contributed by atoms with Gasteiger partial charge in [-0.25, -0.2) is 4.79 Å². The number of alkyl halides is 2. The Labute approximate surface area is 101 Å². The molecule has 0 atom stereocenters. The van der Waals surface area contributed by atoms with Gasteiger partial charge >= 0.3 is 5.97 Å². The molecule has 0 radical (unpaired) electrons. The average molecular weight is 260 g/mol. The number of ether oxygens (including phenoxy) is 1. The highest BCUT2D eigenvalue weighted by Gasteiger charge is 2.22. The lowest BCUT2D eigenvalue weighted by Gasteiger charge is -2.06. The first-order valence-electron chi connectivity index (χ1n) is 4.81. The van der Waals surface area contributed by atoms with Gasteiger partial charge in [-0.3, -0.25) is 4.79 Å². The topological polar surface area (TPSA) is 43.4 Å². The number of thioether (sulfide) groups is 1. The van der Waals surface area contributed by atoms with Gasteiger partial charge in [-0.1, -0.05) is 23.9 Å².